The summed E-state index contributed by atoms with van der Waals surface area (Å²) in [5.41, 5.74) is 4.80. The zero-order valence-electron chi connectivity index (χ0n) is 14.1. The molecule has 4 aromatic rings. The van der Waals surface area contributed by atoms with E-state index < -0.39 is 0 Å². The molecule has 128 valence electrons. The second kappa shape index (κ2) is 6.77. The van der Waals surface area contributed by atoms with Crippen molar-refractivity contribution in [2.45, 2.75) is 6.92 Å². The van der Waals surface area contributed by atoms with Crippen LogP contribution in [0.1, 0.15) is 5.69 Å². The van der Waals surface area contributed by atoms with Crippen LogP contribution < -0.4 is 5.56 Å². The summed E-state index contributed by atoms with van der Waals surface area (Å²) in [5.74, 6) is 0. The lowest BCUT2D eigenvalue weighted by molar-refractivity contribution is 0.890. The molecule has 0 saturated carbocycles. The molecule has 0 amide bonds. The monoisotopic (exact) mass is 405 g/mol. The van der Waals surface area contributed by atoms with Crippen LogP contribution in [-0.4, -0.2) is 14.8 Å². The molecule has 26 heavy (non-hydrogen) atoms. The van der Waals surface area contributed by atoms with E-state index in [0.717, 1.165) is 27.1 Å². The Morgan fingerprint density at radius 2 is 1.69 bits per heavy atom. The Kier molecular flexibility index (Phi) is 4.31. The van der Waals surface area contributed by atoms with Gasteiger partial charge in [0.25, 0.3) is 5.56 Å². The topological polar surface area (TPSA) is 50.7 Å². The molecule has 4 nitrogen and oxygen atoms in total. The predicted octanol–water partition coefficient (Wildman–Crippen LogP) is 4.97. The molecule has 0 radical (unpaired) electrons. The van der Waals surface area contributed by atoms with Crippen molar-refractivity contribution in [1.82, 2.24) is 14.8 Å². The van der Waals surface area contributed by atoms with Gasteiger partial charge in [-0.2, -0.15) is 5.10 Å². The van der Waals surface area contributed by atoms with Gasteiger partial charge in [0, 0.05) is 15.7 Å². The van der Waals surface area contributed by atoms with Gasteiger partial charge in [0.05, 0.1) is 22.6 Å². The number of hydrogen-bond acceptors (Lipinski definition) is 2. The van der Waals surface area contributed by atoms with Gasteiger partial charge in [-0.15, -0.1) is 0 Å². The first kappa shape index (κ1) is 16.5. The molecule has 2 aromatic heterocycles. The number of aryl methyl sites for hydroxylation is 1. The van der Waals surface area contributed by atoms with Crippen LogP contribution in [0.5, 0.6) is 0 Å². The van der Waals surface area contributed by atoms with Gasteiger partial charge in [-0.25, -0.2) is 4.68 Å². The average Bonchev–Trinajstić information content (AvgIpc) is 3.08. The molecule has 2 heterocycles. The number of H-pyrrole nitrogens is 1. The highest BCUT2D eigenvalue weighted by Crippen LogP contribution is 2.28. The summed E-state index contributed by atoms with van der Waals surface area (Å²) < 4.78 is 2.88. The molecule has 0 spiro atoms. The summed E-state index contributed by atoms with van der Waals surface area (Å²) in [6.45, 7) is 1.86. The fraction of sp³-hybridized carbons (Fsp3) is 0.0476. The van der Waals surface area contributed by atoms with Gasteiger partial charge >= 0.3 is 0 Å². The summed E-state index contributed by atoms with van der Waals surface area (Å²) >= 11 is 3.46. The highest BCUT2D eigenvalue weighted by molar-refractivity contribution is 9.10. The van der Waals surface area contributed by atoms with Crippen LogP contribution in [0.4, 0.5) is 0 Å². The van der Waals surface area contributed by atoms with Crippen molar-refractivity contribution >= 4 is 15.9 Å². The van der Waals surface area contributed by atoms with Crippen molar-refractivity contribution in [2.75, 3.05) is 0 Å². The Morgan fingerprint density at radius 3 is 2.38 bits per heavy atom. The smallest absolute Gasteiger partial charge is 0.257 e. The van der Waals surface area contributed by atoms with Gasteiger partial charge in [0.15, 0.2) is 0 Å². The van der Waals surface area contributed by atoms with E-state index in [2.05, 4.69) is 20.9 Å². The van der Waals surface area contributed by atoms with E-state index in [9.17, 15) is 4.79 Å². The summed E-state index contributed by atoms with van der Waals surface area (Å²) in [4.78, 5) is 15.2. The third-order valence-corrected chi connectivity index (χ3v) is 4.71. The first-order chi connectivity index (χ1) is 12.6. The maximum Gasteiger partial charge on any atom is 0.257 e. The molecule has 0 unspecified atom stereocenters. The molecular formula is C21H16BrN3O. The third-order valence-electron chi connectivity index (χ3n) is 4.18. The summed E-state index contributed by atoms with van der Waals surface area (Å²) in [5, 5.41) is 4.73. The van der Waals surface area contributed by atoms with Crippen LogP contribution in [0.3, 0.4) is 0 Å². The van der Waals surface area contributed by atoms with Gasteiger partial charge < -0.3 is 4.98 Å². The molecule has 0 fully saturated rings. The second-order valence-electron chi connectivity index (χ2n) is 6.05. The lowest BCUT2D eigenvalue weighted by Crippen LogP contribution is -2.10. The summed E-state index contributed by atoms with van der Waals surface area (Å²) in [6.07, 6.45) is 0. The van der Waals surface area contributed by atoms with Gasteiger partial charge in [0.1, 0.15) is 0 Å². The molecule has 0 atom stereocenters. The minimum Gasteiger partial charge on any atom is -0.326 e. The van der Waals surface area contributed by atoms with E-state index in [1.165, 1.54) is 0 Å². The molecule has 0 aliphatic carbocycles. The standard InChI is InChI=1S/C21H16BrN3O/c1-14-7-12-18(21(26)23-14)19-13-20(15-5-3-2-4-6-15)25(24-19)17-10-8-16(22)9-11-17/h2-13H,1H3,(H,23,26). The summed E-state index contributed by atoms with van der Waals surface area (Å²) in [6, 6.07) is 23.6. The first-order valence-corrected chi connectivity index (χ1v) is 9.03. The van der Waals surface area contributed by atoms with Gasteiger partial charge in [0.2, 0.25) is 0 Å². The Labute approximate surface area is 159 Å². The van der Waals surface area contributed by atoms with Gasteiger partial charge in [-0.3, -0.25) is 4.79 Å². The van der Waals surface area contributed by atoms with E-state index in [0.29, 0.717) is 11.3 Å². The van der Waals surface area contributed by atoms with Crippen molar-refractivity contribution in [2.24, 2.45) is 0 Å². The van der Waals surface area contributed by atoms with Crippen molar-refractivity contribution < 1.29 is 0 Å². The lowest BCUT2D eigenvalue weighted by atomic mass is 10.1. The molecular weight excluding hydrogens is 390 g/mol. The van der Waals surface area contributed by atoms with E-state index in [-0.39, 0.29) is 5.56 Å². The number of rotatable bonds is 3. The van der Waals surface area contributed by atoms with Gasteiger partial charge in [-0.1, -0.05) is 46.3 Å². The maximum atomic E-state index is 12.4. The van der Waals surface area contributed by atoms with E-state index in [1.54, 1.807) is 0 Å². The molecule has 0 aliphatic rings. The minimum absolute atomic E-state index is 0.134. The molecule has 4 rings (SSSR count). The lowest BCUT2D eigenvalue weighted by Gasteiger charge is -2.07. The Balaban J connectivity index is 1.93. The number of pyridine rings is 1. The van der Waals surface area contributed by atoms with Crippen LogP contribution in [0, 0.1) is 6.92 Å². The van der Waals surface area contributed by atoms with Crippen molar-refractivity contribution in [3.63, 3.8) is 0 Å². The fourth-order valence-corrected chi connectivity index (χ4v) is 3.14. The average molecular weight is 406 g/mol. The highest BCUT2D eigenvalue weighted by atomic mass is 79.9. The predicted molar refractivity (Wildman–Crippen MR) is 107 cm³/mol. The molecule has 0 saturated heterocycles. The molecule has 0 aliphatic heterocycles. The van der Waals surface area contributed by atoms with Crippen LogP contribution in [0.2, 0.25) is 0 Å². The number of benzene rings is 2. The number of aromatic nitrogens is 3. The van der Waals surface area contributed by atoms with Crippen molar-refractivity contribution in [1.29, 1.82) is 0 Å². The highest BCUT2D eigenvalue weighted by Gasteiger charge is 2.15. The van der Waals surface area contributed by atoms with Gasteiger partial charge in [-0.05, 0) is 49.4 Å². The maximum absolute atomic E-state index is 12.4. The van der Waals surface area contributed by atoms with Crippen LogP contribution in [-0.2, 0) is 0 Å². The number of aromatic amines is 1. The second-order valence-corrected chi connectivity index (χ2v) is 6.97. The minimum atomic E-state index is -0.134. The first-order valence-electron chi connectivity index (χ1n) is 8.23. The number of halogens is 1. The Hall–Kier alpha value is -2.92. The largest absolute Gasteiger partial charge is 0.326 e. The molecule has 1 N–H and O–H groups in total. The quantitative estimate of drug-likeness (QED) is 0.523. The molecule has 5 heteroatoms. The number of hydrogen-bond donors (Lipinski definition) is 1. The normalized spacial score (nSPS) is 10.8. The Morgan fingerprint density at radius 1 is 0.962 bits per heavy atom. The van der Waals surface area contributed by atoms with Crippen LogP contribution in [0.25, 0.3) is 28.2 Å². The Bertz CT molecular complexity index is 1110. The van der Waals surface area contributed by atoms with Crippen LogP contribution in [0.15, 0.2) is 82.1 Å². The van der Waals surface area contributed by atoms with E-state index in [4.69, 9.17) is 5.10 Å². The van der Waals surface area contributed by atoms with Crippen LogP contribution >= 0.6 is 15.9 Å². The molecule has 0 bridgehead atoms. The molecule has 2 aromatic carbocycles. The van der Waals surface area contributed by atoms with Crippen molar-refractivity contribution in [3.8, 4) is 28.2 Å². The third kappa shape index (κ3) is 3.13. The zero-order chi connectivity index (χ0) is 18.1. The van der Waals surface area contributed by atoms with E-state index >= 15 is 0 Å². The zero-order valence-corrected chi connectivity index (χ0v) is 15.7. The van der Waals surface area contributed by atoms with E-state index in [1.807, 2.05) is 84.4 Å². The van der Waals surface area contributed by atoms with Crippen molar-refractivity contribution in [3.05, 3.63) is 93.3 Å². The number of nitrogens with one attached hydrogen (secondary N) is 1. The number of nitrogens with zero attached hydrogens (tertiary/aromatic N) is 2. The summed E-state index contributed by atoms with van der Waals surface area (Å²) in [7, 11) is 0. The fourth-order valence-electron chi connectivity index (χ4n) is 2.88. The SMILES string of the molecule is Cc1ccc(-c2cc(-c3ccccc3)n(-c3ccc(Br)cc3)n2)c(=O)[nH]1.